The fourth-order valence-corrected chi connectivity index (χ4v) is 3.74. The van der Waals surface area contributed by atoms with Crippen molar-refractivity contribution in [2.45, 2.75) is 12.3 Å². The molecule has 0 amide bonds. The maximum atomic E-state index is 12.1. The van der Waals surface area contributed by atoms with Crippen molar-refractivity contribution < 1.29 is 19.0 Å². The Hall–Kier alpha value is -2.83. The number of ether oxygens (including phenoxy) is 3. The number of carbonyl (C=O) groups excluding carboxylic acids is 1. The number of methoxy groups -OCH3 is 2. The van der Waals surface area contributed by atoms with Gasteiger partial charge in [0.2, 0.25) is 5.75 Å². The van der Waals surface area contributed by atoms with Crippen molar-refractivity contribution in [3.05, 3.63) is 75.8 Å². The Kier molecular flexibility index (Phi) is 7.49. The van der Waals surface area contributed by atoms with Crippen molar-refractivity contribution in [2.75, 3.05) is 20.8 Å². The van der Waals surface area contributed by atoms with E-state index < -0.39 is 5.92 Å². The van der Waals surface area contributed by atoms with E-state index in [9.17, 15) is 4.79 Å². The smallest absolute Gasteiger partial charge is 0.203 e. The third-order valence-electron chi connectivity index (χ3n) is 4.56. The van der Waals surface area contributed by atoms with Crippen LogP contribution < -0.4 is 14.2 Å². The normalized spacial score (nSPS) is 11.6. The zero-order chi connectivity index (χ0) is 21.5. The third-order valence-corrected chi connectivity index (χ3v) is 5.17. The lowest BCUT2D eigenvalue weighted by atomic mass is 9.92. The standard InChI is InChI=1S/C22H20Cl2N2O4/c1-28-19-6-5-15(16(13-27)20-17(23)11-26-12-18(20)24)21(22(19)29-2)30-9-7-14-4-3-8-25-10-14/h3-6,8,10-13,16H,7,9H2,1-2H3. The van der Waals surface area contributed by atoms with Crippen LogP contribution >= 0.6 is 23.2 Å². The molecular weight excluding hydrogens is 427 g/mol. The van der Waals surface area contributed by atoms with Crippen molar-refractivity contribution in [3.63, 3.8) is 0 Å². The van der Waals surface area contributed by atoms with Crippen LogP contribution in [0.1, 0.15) is 22.6 Å². The topological polar surface area (TPSA) is 70.5 Å². The second-order valence-electron chi connectivity index (χ2n) is 6.31. The van der Waals surface area contributed by atoms with E-state index in [4.69, 9.17) is 37.4 Å². The van der Waals surface area contributed by atoms with Gasteiger partial charge in [0.05, 0.1) is 36.8 Å². The summed E-state index contributed by atoms with van der Waals surface area (Å²) in [7, 11) is 3.04. The Labute approximate surface area is 184 Å². The first-order valence-electron chi connectivity index (χ1n) is 9.11. The number of rotatable bonds is 9. The predicted molar refractivity (Wildman–Crippen MR) is 115 cm³/mol. The van der Waals surface area contributed by atoms with E-state index in [2.05, 4.69) is 9.97 Å². The van der Waals surface area contributed by atoms with Crippen LogP contribution in [-0.2, 0) is 11.2 Å². The number of hydrogen-bond donors (Lipinski definition) is 0. The average molecular weight is 447 g/mol. The number of aromatic nitrogens is 2. The van der Waals surface area contributed by atoms with E-state index in [-0.39, 0.29) is 10.0 Å². The van der Waals surface area contributed by atoms with Gasteiger partial charge in [-0.1, -0.05) is 35.3 Å². The van der Waals surface area contributed by atoms with Crippen LogP contribution in [0.4, 0.5) is 0 Å². The van der Waals surface area contributed by atoms with Gasteiger partial charge in [0, 0.05) is 42.3 Å². The zero-order valence-electron chi connectivity index (χ0n) is 16.5. The number of aldehydes is 1. The van der Waals surface area contributed by atoms with Crippen molar-refractivity contribution in [1.82, 2.24) is 9.97 Å². The molecule has 1 unspecified atom stereocenters. The fraction of sp³-hybridized carbons (Fsp3) is 0.227. The molecule has 8 heteroatoms. The molecule has 0 N–H and O–H groups in total. The van der Waals surface area contributed by atoms with Crippen molar-refractivity contribution >= 4 is 29.5 Å². The molecule has 0 saturated heterocycles. The summed E-state index contributed by atoms with van der Waals surface area (Å²) in [4.78, 5) is 20.2. The highest BCUT2D eigenvalue weighted by Crippen LogP contribution is 2.45. The summed E-state index contributed by atoms with van der Waals surface area (Å²) in [5.41, 5.74) is 2.03. The predicted octanol–water partition coefficient (Wildman–Crippen LogP) is 4.75. The van der Waals surface area contributed by atoms with E-state index in [1.807, 2.05) is 12.1 Å². The summed E-state index contributed by atoms with van der Waals surface area (Å²) in [6.07, 6.45) is 7.77. The number of carbonyl (C=O) groups is 1. The molecule has 0 aliphatic carbocycles. The molecule has 2 aromatic heterocycles. The van der Waals surface area contributed by atoms with Gasteiger partial charge in [-0.25, -0.2) is 0 Å². The number of pyridine rings is 2. The summed E-state index contributed by atoms with van der Waals surface area (Å²) in [6, 6.07) is 7.28. The number of benzene rings is 1. The maximum Gasteiger partial charge on any atom is 0.203 e. The molecule has 2 heterocycles. The largest absolute Gasteiger partial charge is 0.493 e. The van der Waals surface area contributed by atoms with Gasteiger partial charge in [-0.2, -0.15) is 0 Å². The highest BCUT2D eigenvalue weighted by Gasteiger charge is 2.27. The highest BCUT2D eigenvalue weighted by molar-refractivity contribution is 6.36. The van der Waals surface area contributed by atoms with Crippen molar-refractivity contribution in [3.8, 4) is 17.2 Å². The first-order valence-corrected chi connectivity index (χ1v) is 9.87. The molecule has 30 heavy (non-hydrogen) atoms. The summed E-state index contributed by atoms with van der Waals surface area (Å²) in [5.74, 6) is 0.478. The molecule has 0 fully saturated rings. The molecule has 0 saturated carbocycles. The Morgan fingerprint density at radius 2 is 1.77 bits per heavy atom. The van der Waals surface area contributed by atoms with Crippen LogP contribution in [0, 0.1) is 0 Å². The summed E-state index contributed by atoms with van der Waals surface area (Å²) < 4.78 is 17.0. The number of nitrogens with zero attached hydrogens (tertiary/aromatic N) is 2. The first-order chi connectivity index (χ1) is 14.6. The van der Waals surface area contributed by atoms with Crippen LogP contribution in [-0.4, -0.2) is 37.1 Å². The lowest BCUT2D eigenvalue weighted by Crippen LogP contribution is -2.11. The van der Waals surface area contributed by atoms with Gasteiger partial charge in [0.25, 0.3) is 0 Å². The van der Waals surface area contributed by atoms with Crippen LogP contribution in [0.25, 0.3) is 0 Å². The van der Waals surface area contributed by atoms with Gasteiger partial charge in [-0.15, -0.1) is 0 Å². The summed E-state index contributed by atoms with van der Waals surface area (Å²) in [6.45, 7) is 0.339. The van der Waals surface area contributed by atoms with E-state index in [1.165, 1.54) is 26.6 Å². The Bertz CT molecular complexity index is 995. The van der Waals surface area contributed by atoms with Crippen LogP contribution in [0.2, 0.25) is 10.0 Å². The molecule has 1 atom stereocenters. The molecule has 3 aromatic rings. The second kappa shape index (κ2) is 10.3. The van der Waals surface area contributed by atoms with Gasteiger partial charge in [0.15, 0.2) is 11.5 Å². The third kappa shape index (κ3) is 4.66. The Morgan fingerprint density at radius 1 is 1.00 bits per heavy atom. The first kappa shape index (κ1) is 21.9. The second-order valence-corrected chi connectivity index (χ2v) is 7.12. The molecule has 0 radical (unpaired) electrons. The fourth-order valence-electron chi connectivity index (χ4n) is 3.14. The highest BCUT2D eigenvalue weighted by atomic mass is 35.5. The molecule has 0 spiro atoms. The van der Waals surface area contributed by atoms with Crippen molar-refractivity contribution in [2.24, 2.45) is 0 Å². The molecule has 156 valence electrons. The van der Waals surface area contributed by atoms with Gasteiger partial charge < -0.3 is 19.0 Å². The van der Waals surface area contributed by atoms with E-state index in [0.717, 1.165) is 11.8 Å². The Balaban J connectivity index is 2.03. The SMILES string of the molecule is COc1ccc(C(C=O)c2c(Cl)cncc2Cl)c(OCCc2cccnc2)c1OC. The van der Waals surface area contributed by atoms with Gasteiger partial charge in [-0.05, 0) is 17.7 Å². The summed E-state index contributed by atoms with van der Waals surface area (Å²) in [5, 5.41) is 0.575. The molecule has 3 rings (SSSR count). The number of hydrogen-bond acceptors (Lipinski definition) is 6. The lowest BCUT2D eigenvalue weighted by molar-refractivity contribution is -0.108. The molecule has 6 nitrogen and oxygen atoms in total. The lowest BCUT2D eigenvalue weighted by Gasteiger charge is -2.21. The summed E-state index contributed by atoms with van der Waals surface area (Å²) >= 11 is 12.6. The van der Waals surface area contributed by atoms with Crippen LogP contribution in [0.5, 0.6) is 17.2 Å². The maximum absolute atomic E-state index is 12.1. The average Bonchev–Trinajstić information content (AvgIpc) is 2.77. The van der Waals surface area contributed by atoms with Crippen molar-refractivity contribution in [1.29, 1.82) is 0 Å². The molecule has 0 bridgehead atoms. The van der Waals surface area contributed by atoms with E-state index in [0.29, 0.717) is 41.4 Å². The monoisotopic (exact) mass is 446 g/mol. The minimum absolute atomic E-state index is 0.288. The van der Waals surface area contributed by atoms with E-state index in [1.54, 1.807) is 24.5 Å². The molecule has 0 aliphatic heterocycles. The van der Waals surface area contributed by atoms with Gasteiger partial charge in [-0.3, -0.25) is 9.97 Å². The number of halogens is 2. The minimum Gasteiger partial charge on any atom is -0.493 e. The van der Waals surface area contributed by atoms with E-state index >= 15 is 0 Å². The Morgan fingerprint density at radius 3 is 2.37 bits per heavy atom. The van der Waals surface area contributed by atoms with Gasteiger partial charge >= 0.3 is 0 Å². The van der Waals surface area contributed by atoms with Crippen LogP contribution in [0.15, 0.2) is 49.1 Å². The zero-order valence-corrected chi connectivity index (χ0v) is 18.0. The minimum atomic E-state index is -0.777. The van der Waals surface area contributed by atoms with Gasteiger partial charge in [0.1, 0.15) is 6.29 Å². The molecule has 0 aliphatic rings. The van der Waals surface area contributed by atoms with Crippen LogP contribution in [0.3, 0.4) is 0 Å². The molecule has 1 aromatic carbocycles. The molecular formula is C22H20Cl2N2O4. The quantitative estimate of drug-likeness (QED) is 0.441.